The van der Waals surface area contributed by atoms with Crippen LogP contribution in [0.25, 0.3) is 5.69 Å². The summed E-state index contributed by atoms with van der Waals surface area (Å²) >= 11 is 0. The summed E-state index contributed by atoms with van der Waals surface area (Å²) in [4.78, 5) is 0. The Morgan fingerprint density at radius 3 is 2.76 bits per heavy atom. The number of rotatable bonds is 3. The summed E-state index contributed by atoms with van der Waals surface area (Å²) in [5.74, 6) is 1.26. The van der Waals surface area contributed by atoms with Gasteiger partial charge in [-0.25, -0.2) is 4.68 Å². The number of benzene rings is 1. The third-order valence-electron chi connectivity index (χ3n) is 2.51. The van der Waals surface area contributed by atoms with E-state index in [1.807, 2.05) is 18.2 Å². The SMILES string of the molecule is COc1cccc(-n2nc(N)c(CO)c2N)c1. The second-order valence-electron chi connectivity index (χ2n) is 3.52. The van der Waals surface area contributed by atoms with Crippen molar-refractivity contribution in [2.75, 3.05) is 18.6 Å². The van der Waals surface area contributed by atoms with Gasteiger partial charge in [-0.3, -0.25) is 0 Å². The molecule has 0 saturated heterocycles. The van der Waals surface area contributed by atoms with Gasteiger partial charge in [-0.1, -0.05) is 6.07 Å². The predicted octanol–water partition coefficient (Wildman–Crippen LogP) is 0.538. The molecular formula is C11H14N4O2. The average Bonchev–Trinajstić information content (AvgIpc) is 2.64. The second kappa shape index (κ2) is 4.34. The number of aliphatic hydroxyl groups excluding tert-OH is 1. The largest absolute Gasteiger partial charge is 0.497 e. The topological polar surface area (TPSA) is 99.3 Å². The lowest BCUT2D eigenvalue weighted by atomic mass is 10.3. The Hall–Kier alpha value is -2.21. The van der Waals surface area contributed by atoms with Gasteiger partial charge in [-0.2, -0.15) is 0 Å². The van der Waals surface area contributed by atoms with Crippen LogP contribution in [-0.4, -0.2) is 22.0 Å². The first kappa shape index (κ1) is 11.3. The number of methoxy groups -OCH3 is 1. The second-order valence-corrected chi connectivity index (χ2v) is 3.52. The molecule has 0 aliphatic heterocycles. The number of hydrogen-bond acceptors (Lipinski definition) is 5. The zero-order chi connectivity index (χ0) is 12.4. The quantitative estimate of drug-likeness (QED) is 0.719. The normalized spacial score (nSPS) is 10.5. The fraction of sp³-hybridized carbons (Fsp3) is 0.182. The predicted molar refractivity (Wildman–Crippen MR) is 64.9 cm³/mol. The van der Waals surface area contributed by atoms with Crippen molar-refractivity contribution in [1.29, 1.82) is 0 Å². The lowest BCUT2D eigenvalue weighted by Crippen LogP contribution is -2.03. The number of aromatic nitrogens is 2. The van der Waals surface area contributed by atoms with E-state index >= 15 is 0 Å². The number of ether oxygens (including phenoxy) is 1. The molecule has 0 unspecified atom stereocenters. The number of nitrogen functional groups attached to an aromatic ring is 2. The van der Waals surface area contributed by atoms with Crippen molar-refractivity contribution < 1.29 is 9.84 Å². The lowest BCUT2D eigenvalue weighted by Gasteiger charge is -2.06. The first-order chi connectivity index (χ1) is 8.17. The number of nitrogens with two attached hydrogens (primary N) is 2. The molecule has 0 fully saturated rings. The van der Waals surface area contributed by atoms with Gasteiger partial charge in [0.25, 0.3) is 0 Å². The van der Waals surface area contributed by atoms with Crippen LogP contribution in [0.15, 0.2) is 24.3 Å². The van der Waals surface area contributed by atoms with Crippen LogP contribution < -0.4 is 16.2 Å². The van der Waals surface area contributed by atoms with E-state index in [0.717, 1.165) is 5.69 Å². The Balaban J connectivity index is 2.52. The Bertz CT molecular complexity index is 536. The molecule has 2 rings (SSSR count). The van der Waals surface area contributed by atoms with Gasteiger partial charge in [0.15, 0.2) is 5.82 Å². The highest BCUT2D eigenvalue weighted by Crippen LogP contribution is 2.24. The van der Waals surface area contributed by atoms with Crippen LogP contribution in [0.4, 0.5) is 11.6 Å². The molecule has 1 aromatic carbocycles. The maximum atomic E-state index is 9.12. The zero-order valence-electron chi connectivity index (χ0n) is 9.42. The summed E-state index contributed by atoms with van der Waals surface area (Å²) in [7, 11) is 1.58. The maximum Gasteiger partial charge on any atom is 0.153 e. The molecule has 0 saturated carbocycles. The van der Waals surface area contributed by atoms with Crippen molar-refractivity contribution in [3.8, 4) is 11.4 Å². The molecule has 0 aliphatic rings. The van der Waals surface area contributed by atoms with Gasteiger partial charge in [0.2, 0.25) is 0 Å². The standard InChI is InChI=1S/C11H14N4O2/c1-17-8-4-2-3-7(5-8)15-11(13)9(6-16)10(12)14-15/h2-5,16H,6,13H2,1H3,(H2,12,14). The molecule has 0 atom stereocenters. The van der Waals surface area contributed by atoms with Crippen LogP contribution in [0.3, 0.4) is 0 Å². The molecule has 1 heterocycles. The minimum atomic E-state index is -0.234. The van der Waals surface area contributed by atoms with Crippen molar-refractivity contribution >= 4 is 11.6 Å². The highest BCUT2D eigenvalue weighted by molar-refractivity contribution is 5.58. The van der Waals surface area contributed by atoms with Gasteiger partial charge >= 0.3 is 0 Å². The Labute approximate surface area is 98.4 Å². The van der Waals surface area contributed by atoms with E-state index in [4.69, 9.17) is 21.3 Å². The summed E-state index contributed by atoms with van der Waals surface area (Å²) in [6, 6.07) is 7.25. The van der Waals surface area contributed by atoms with E-state index in [9.17, 15) is 0 Å². The highest BCUT2D eigenvalue weighted by atomic mass is 16.5. The third kappa shape index (κ3) is 1.90. The van der Waals surface area contributed by atoms with Crippen LogP contribution in [0, 0.1) is 0 Å². The average molecular weight is 234 g/mol. The zero-order valence-corrected chi connectivity index (χ0v) is 9.42. The molecule has 90 valence electrons. The van der Waals surface area contributed by atoms with Crippen molar-refractivity contribution in [2.24, 2.45) is 0 Å². The number of anilines is 2. The Morgan fingerprint density at radius 2 is 2.18 bits per heavy atom. The highest BCUT2D eigenvalue weighted by Gasteiger charge is 2.13. The van der Waals surface area contributed by atoms with Gasteiger partial charge in [-0.15, -0.1) is 5.10 Å². The van der Waals surface area contributed by atoms with Crippen molar-refractivity contribution in [3.63, 3.8) is 0 Å². The molecule has 0 amide bonds. The molecule has 0 aliphatic carbocycles. The summed E-state index contributed by atoms with van der Waals surface area (Å²) in [5, 5.41) is 13.2. The Kier molecular flexibility index (Phi) is 2.88. The summed E-state index contributed by atoms with van der Waals surface area (Å²) in [5.41, 5.74) is 12.7. The van der Waals surface area contributed by atoms with Crippen LogP contribution >= 0.6 is 0 Å². The van der Waals surface area contributed by atoms with E-state index in [1.54, 1.807) is 13.2 Å². The summed E-state index contributed by atoms with van der Waals surface area (Å²) < 4.78 is 6.59. The molecule has 2 aromatic rings. The number of aliphatic hydroxyl groups is 1. The van der Waals surface area contributed by atoms with Gasteiger partial charge in [0.1, 0.15) is 11.6 Å². The van der Waals surface area contributed by atoms with Crippen molar-refractivity contribution in [2.45, 2.75) is 6.61 Å². The van der Waals surface area contributed by atoms with Crippen LogP contribution in [0.2, 0.25) is 0 Å². The van der Waals surface area contributed by atoms with Gasteiger partial charge < -0.3 is 21.3 Å². The molecule has 0 bridgehead atoms. The van der Waals surface area contributed by atoms with E-state index in [1.165, 1.54) is 4.68 Å². The lowest BCUT2D eigenvalue weighted by molar-refractivity contribution is 0.283. The van der Waals surface area contributed by atoms with E-state index < -0.39 is 0 Å². The molecule has 0 spiro atoms. The van der Waals surface area contributed by atoms with Crippen molar-refractivity contribution in [1.82, 2.24) is 9.78 Å². The molecule has 5 N–H and O–H groups in total. The number of hydrogen-bond donors (Lipinski definition) is 3. The molecule has 17 heavy (non-hydrogen) atoms. The van der Waals surface area contributed by atoms with Gasteiger partial charge in [-0.05, 0) is 12.1 Å². The van der Waals surface area contributed by atoms with Gasteiger partial charge in [0.05, 0.1) is 25.0 Å². The van der Waals surface area contributed by atoms with E-state index in [0.29, 0.717) is 17.1 Å². The molecule has 6 heteroatoms. The Morgan fingerprint density at radius 1 is 1.41 bits per heavy atom. The van der Waals surface area contributed by atoms with Gasteiger partial charge in [0, 0.05) is 6.07 Å². The summed E-state index contributed by atoms with van der Waals surface area (Å²) in [6.07, 6.45) is 0. The molecule has 0 radical (unpaired) electrons. The van der Waals surface area contributed by atoms with Crippen LogP contribution in [-0.2, 0) is 6.61 Å². The van der Waals surface area contributed by atoms with E-state index in [2.05, 4.69) is 5.10 Å². The maximum absolute atomic E-state index is 9.12. The molecule has 6 nitrogen and oxygen atoms in total. The fourth-order valence-electron chi connectivity index (χ4n) is 1.58. The van der Waals surface area contributed by atoms with E-state index in [-0.39, 0.29) is 12.4 Å². The van der Waals surface area contributed by atoms with Crippen molar-refractivity contribution in [3.05, 3.63) is 29.8 Å². The minimum Gasteiger partial charge on any atom is -0.497 e. The first-order valence-electron chi connectivity index (χ1n) is 5.05. The smallest absolute Gasteiger partial charge is 0.153 e. The summed E-state index contributed by atoms with van der Waals surface area (Å²) in [6.45, 7) is -0.234. The number of nitrogens with zero attached hydrogens (tertiary/aromatic N) is 2. The fourth-order valence-corrected chi connectivity index (χ4v) is 1.58. The van der Waals surface area contributed by atoms with Crippen LogP contribution in [0.5, 0.6) is 5.75 Å². The van der Waals surface area contributed by atoms with Crippen LogP contribution in [0.1, 0.15) is 5.56 Å². The first-order valence-corrected chi connectivity index (χ1v) is 5.05. The minimum absolute atomic E-state index is 0.229. The third-order valence-corrected chi connectivity index (χ3v) is 2.51. The molecular weight excluding hydrogens is 220 g/mol. The molecule has 1 aromatic heterocycles. The monoisotopic (exact) mass is 234 g/mol.